The van der Waals surface area contributed by atoms with Crippen LogP contribution in [-0.4, -0.2) is 20.4 Å². The molecule has 0 heterocycles. The zero-order valence-electron chi connectivity index (χ0n) is 23.4. The van der Waals surface area contributed by atoms with Gasteiger partial charge < -0.3 is 4.74 Å². The second-order valence-corrected chi connectivity index (χ2v) is 12.1. The molecule has 0 amide bonds. The van der Waals surface area contributed by atoms with Crippen LogP contribution in [0.25, 0.3) is 11.1 Å². The number of methoxy groups -OCH3 is 1. The van der Waals surface area contributed by atoms with E-state index < -0.39 is 0 Å². The summed E-state index contributed by atoms with van der Waals surface area (Å²) < 4.78 is 17.5. The van der Waals surface area contributed by atoms with Crippen molar-refractivity contribution >= 4 is 0 Å². The fourth-order valence-corrected chi connectivity index (χ4v) is 7.00. The molecule has 0 saturated heterocycles. The number of halogens is 1. The highest BCUT2D eigenvalue weighted by Gasteiger charge is 2.22. The van der Waals surface area contributed by atoms with E-state index >= 15 is 0 Å². The molecule has 2 aromatic rings. The standard InChI is InChI=1S/C35H51FO/c1-37-27-5-7-29-8-10-30(11-9-29)12-13-31-16-20-33(21-17-31)35-24-22-34(23-25-35)32-18-14-28(15-19-32)6-3-2-4-26-36/h16-17,20-25,28-30,32H,2-15,18-19,26-27H2,1H3. The third kappa shape index (κ3) is 9.24. The topological polar surface area (TPSA) is 9.23 Å². The minimum atomic E-state index is -0.149. The molecule has 2 fully saturated rings. The highest BCUT2D eigenvalue weighted by atomic mass is 19.1. The Labute approximate surface area is 226 Å². The van der Waals surface area contributed by atoms with E-state index in [0.717, 1.165) is 43.1 Å². The Morgan fingerprint density at radius 2 is 1.16 bits per heavy atom. The maximum absolute atomic E-state index is 12.3. The fourth-order valence-electron chi connectivity index (χ4n) is 7.00. The lowest BCUT2D eigenvalue weighted by Crippen LogP contribution is -2.15. The molecule has 0 atom stereocenters. The van der Waals surface area contributed by atoms with Gasteiger partial charge in [-0.05, 0) is 104 Å². The van der Waals surface area contributed by atoms with Crippen molar-refractivity contribution < 1.29 is 9.13 Å². The van der Waals surface area contributed by atoms with Crippen LogP contribution in [0.3, 0.4) is 0 Å². The zero-order valence-corrected chi connectivity index (χ0v) is 23.4. The lowest BCUT2D eigenvalue weighted by Gasteiger charge is -2.29. The molecule has 2 saturated carbocycles. The van der Waals surface area contributed by atoms with E-state index in [0.29, 0.717) is 0 Å². The van der Waals surface area contributed by atoms with Crippen LogP contribution in [-0.2, 0) is 11.2 Å². The van der Waals surface area contributed by atoms with E-state index in [2.05, 4.69) is 48.5 Å². The van der Waals surface area contributed by atoms with Gasteiger partial charge in [0.25, 0.3) is 0 Å². The third-order valence-corrected chi connectivity index (χ3v) is 9.53. The summed E-state index contributed by atoms with van der Waals surface area (Å²) in [5.74, 6) is 3.45. The van der Waals surface area contributed by atoms with Crippen molar-refractivity contribution in [3.63, 3.8) is 0 Å². The van der Waals surface area contributed by atoms with Crippen molar-refractivity contribution in [2.45, 2.75) is 109 Å². The van der Waals surface area contributed by atoms with E-state index in [4.69, 9.17) is 4.74 Å². The second kappa shape index (κ2) is 15.7. The van der Waals surface area contributed by atoms with Gasteiger partial charge in [-0.2, -0.15) is 0 Å². The maximum Gasteiger partial charge on any atom is 0.0894 e. The van der Waals surface area contributed by atoms with Crippen LogP contribution in [0, 0.1) is 17.8 Å². The molecule has 204 valence electrons. The van der Waals surface area contributed by atoms with Gasteiger partial charge in [0, 0.05) is 13.7 Å². The van der Waals surface area contributed by atoms with E-state index in [1.165, 1.54) is 112 Å². The normalized spacial score (nSPS) is 24.3. The Kier molecular flexibility index (Phi) is 12.0. The number of hydrogen-bond donors (Lipinski definition) is 0. The van der Waals surface area contributed by atoms with E-state index in [1.807, 2.05) is 7.11 Å². The average Bonchev–Trinajstić information content (AvgIpc) is 2.96. The molecule has 0 radical (unpaired) electrons. The first-order valence-electron chi connectivity index (χ1n) is 15.5. The van der Waals surface area contributed by atoms with Crippen LogP contribution >= 0.6 is 0 Å². The maximum atomic E-state index is 12.3. The number of aryl methyl sites for hydroxylation is 1. The minimum absolute atomic E-state index is 0.149. The van der Waals surface area contributed by atoms with Crippen molar-refractivity contribution in [2.75, 3.05) is 20.4 Å². The van der Waals surface area contributed by atoms with Crippen LogP contribution in [0.4, 0.5) is 4.39 Å². The molecule has 2 aromatic carbocycles. The van der Waals surface area contributed by atoms with Gasteiger partial charge in [0.2, 0.25) is 0 Å². The number of rotatable bonds is 14. The first-order valence-corrected chi connectivity index (χ1v) is 15.5. The summed E-state index contributed by atoms with van der Waals surface area (Å²) >= 11 is 0. The van der Waals surface area contributed by atoms with Gasteiger partial charge in [-0.25, -0.2) is 0 Å². The van der Waals surface area contributed by atoms with Crippen LogP contribution < -0.4 is 0 Å². The molecule has 0 unspecified atom stereocenters. The lowest BCUT2D eigenvalue weighted by atomic mass is 9.77. The predicted octanol–water partition coefficient (Wildman–Crippen LogP) is 10.3. The number of ether oxygens (including phenoxy) is 1. The van der Waals surface area contributed by atoms with Crippen molar-refractivity contribution in [1.82, 2.24) is 0 Å². The third-order valence-electron chi connectivity index (χ3n) is 9.53. The summed E-state index contributed by atoms with van der Waals surface area (Å²) in [5.41, 5.74) is 5.68. The van der Waals surface area contributed by atoms with E-state index in [-0.39, 0.29) is 6.67 Å². The Morgan fingerprint density at radius 3 is 1.76 bits per heavy atom. The molecule has 2 aliphatic rings. The SMILES string of the molecule is COCCCC1CCC(CCc2ccc(-c3ccc(C4CCC(CCCCCF)CC4)cc3)cc2)CC1. The van der Waals surface area contributed by atoms with Gasteiger partial charge in [0.15, 0.2) is 0 Å². The van der Waals surface area contributed by atoms with Gasteiger partial charge in [-0.15, -0.1) is 0 Å². The summed E-state index contributed by atoms with van der Waals surface area (Å²) in [7, 11) is 1.81. The molecule has 0 spiro atoms. The molecule has 0 N–H and O–H groups in total. The van der Waals surface area contributed by atoms with Crippen LogP contribution in [0.15, 0.2) is 48.5 Å². The molecule has 0 aliphatic heterocycles. The highest BCUT2D eigenvalue weighted by Crippen LogP contribution is 2.38. The average molecular weight is 507 g/mol. The summed E-state index contributed by atoms with van der Waals surface area (Å²) in [4.78, 5) is 0. The molecule has 2 heteroatoms. The first kappa shape index (κ1) is 28.3. The number of unbranched alkanes of at least 4 members (excludes halogenated alkanes) is 2. The molecule has 0 aromatic heterocycles. The van der Waals surface area contributed by atoms with Gasteiger partial charge in [0.1, 0.15) is 0 Å². The minimum Gasteiger partial charge on any atom is -0.385 e. The van der Waals surface area contributed by atoms with Gasteiger partial charge in [0.05, 0.1) is 6.67 Å². The van der Waals surface area contributed by atoms with Gasteiger partial charge in [-0.1, -0.05) is 93.5 Å². The number of alkyl halides is 1. The van der Waals surface area contributed by atoms with Crippen molar-refractivity contribution in [3.05, 3.63) is 59.7 Å². The number of hydrogen-bond acceptors (Lipinski definition) is 1. The van der Waals surface area contributed by atoms with E-state index in [9.17, 15) is 4.39 Å². The van der Waals surface area contributed by atoms with Crippen molar-refractivity contribution in [2.24, 2.45) is 17.8 Å². The van der Waals surface area contributed by atoms with Gasteiger partial charge in [-0.3, -0.25) is 4.39 Å². The summed E-state index contributed by atoms with van der Waals surface area (Å²) in [6.07, 6.45) is 20.5. The molecular formula is C35H51FO. The number of benzene rings is 2. The Hall–Kier alpha value is -1.67. The second-order valence-electron chi connectivity index (χ2n) is 12.1. The van der Waals surface area contributed by atoms with Crippen LogP contribution in [0.1, 0.15) is 113 Å². The highest BCUT2D eigenvalue weighted by molar-refractivity contribution is 5.64. The summed E-state index contributed by atoms with van der Waals surface area (Å²) in [6.45, 7) is 0.774. The Balaban J connectivity index is 1.17. The molecule has 4 rings (SSSR count). The molecular weight excluding hydrogens is 455 g/mol. The largest absolute Gasteiger partial charge is 0.385 e. The van der Waals surface area contributed by atoms with Crippen LogP contribution in [0.5, 0.6) is 0 Å². The Bertz CT molecular complexity index is 857. The molecule has 37 heavy (non-hydrogen) atoms. The van der Waals surface area contributed by atoms with Crippen molar-refractivity contribution in [1.29, 1.82) is 0 Å². The zero-order chi connectivity index (χ0) is 25.7. The monoisotopic (exact) mass is 506 g/mol. The quantitative estimate of drug-likeness (QED) is 0.232. The van der Waals surface area contributed by atoms with E-state index in [1.54, 1.807) is 0 Å². The van der Waals surface area contributed by atoms with Crippen molar-refractivity contribution in [3.8, 4) is 11.1 Å². The predicted molar refractivity (Wildman–Crippen MR) is 156 cm³/mol. The molecule has 2 aliphatic carbocycles. The Morgan fingerprint density at radius 1 is 0.622 bits per heavy atom. The molecule has 1 nitrogen and oxygen atoms in total. The lowest BCUT2D eigenvalue weighted by molar-refractivity contribution is 0.175. The van der Waals surface area contributed by atoms with Crippen LogP contribution in [0.2, 0.25) is 0 Å². The smallest absolute Gasteiger partial charge is 0.0894 e. The molecule has 0 bridgehead atoms. The summed E-state index contributed by atoms with van der Waals surface area (Å²) in [6, 6.07) is 18.8. The fraction of sp³-hybridized carbons (Fsp3) is 0.657. The first-order chi connectivity index (χ1) is 18.2. The van der Waals surface area contributed by atoms with Gasteiger partial charge >= 0.3 is 0 Å². The summed E-state index contributed by atoms with van der Waals surface area (Å²) in [5, 5.41) is 0.